The van der Waals surface area contributed by atoms with E-state index in [4.69, 9.17) is 4.74 Å². The molecule has 1 rings (SSSR count). The van der Waals surface area contributed by atoms with Gasteiger partial charge in [0.25, 0.3) is 0 Å². The van der Waals surface area contributed by atoms with E-state index >= 15 is 0 Å². The Morgan fingerprint density at radius 3 is 2.79 bits per heavy atom. The lowest BCUT2D eigenvalue weighted by atomic mass is 9.97. The lowest BCUT2D eigenvalue weighted by Gasteiger charge is -2.26. The third kappa shape index (κ3) is 1.96. The maximum absolute atomic E-state index is 10.3. The number of nitrogens with zero attached hydrogens (tertiary/aromatic N) is 2. The zero-order valence-corrected chi connectivity index (χ0v) is 9.03. The Balaban J connectivity index is 2.98. The number of methoxy groups -OCH3 is 1. The number of hydrogen-bond donors (Lipinski definition) is 1. The highest BCUT2D eigenvalue weighted by Gasteiger charge is 2.30. The van der Waals surface area contributed by atoms with Crippen LogP contribution in [0.15, 0.2) is 12.3 Å². The monoisotopic (exact) mass is 198 g/mol. The second-order valence-electron chi connectivity index (χ2n) is 3.35. The topological polar surface area (TPSA) is 47.3 Å². The van der Waals surface area contributed by atoms with E-state index in [1.807, 2.05) is 19.9 Å². The van der Waals surface area contributed by atoms with Crippen molar-refractivity contribution in [1.29, 1.82) is 0 Å². The molecule has 1 atom stereocenters. The van der Waals surface area contributed by atoms with Crippen LogP contribution in [0.3, 0.4) is 0 Å². The minimum atomic E-state index is -0.915. The first kappa shape index (κ1) is 11.2. The zero-order chi connectivity index (χ0) is 10.6. The first-order valence-electron chi connectivity index (χ1n) is 4.91. The molecule has 1 aromatic heterocycles. The minimum Gasteiger partial charge on any atom is -0.381 e. The molecule has 0 amide bonds. The standard InChI is InChI=1S/C10H18N2O2/c1-4-10(13,8-14-3)9-6-7-11-12(9)5-2/h6-7,13H,4-5,8H2,1-3H3. The molecule has 1 heterocycles. The molecular formula is C10H18N2O2. The molecule has 4 heteroatoms. The number of aromatic nitrogens is 2. The van der Waals surface area contributed by atoms with E-state index in [-0.39, 0.29) is 0 Å². The van der Waals surface area contributed by atoms with Crippen LogP contribution < -0.4 is 0 Å². The molecule has 0 aliphatic carbocycles. The summed E-state index contributed by atoms with van der Waals surface area (Å²) in [6.45, 7) is 4.99. The summed E-state index contributed by atoms with van der Waals surface area (Å²) < 4.78 is 6.82. The van der Waals surface area contributed by atoms with Gasteiger partial charge in [-0.15, -0.1) is 0 Å². The Bertz CT molecular complexity index is 285. The Kier molecular flexibility index (Phi) is 3.66. The molecule has 0 radical (unpaired) electrons. The number of rotatable bonds is 5. The smallest absolute Gasteiger partial charge is 0.129 e. The second kappa shape index (κ2) is 4.57. The summed E-state index contributed by atoms with van der Waals surface area (Å²) in [5, 5.41) is 14.4. The van der Waals surface area contributed by atoms with E-state index in [0.29, 0.717) is 13.0 Å². The molecule has 4 nitrogen and oxygen atoms in total. The van der Waals surface area contributed by atoms with E-state index in [2.05, 4.69) is 5.10 Å². The van der Waals surface area contributed by atoms with Gasteiger partial charge in [-0.05, 0) is 19.4 Å². The van der Waals surface area contributed by atoms with Crippen LogP contribution in [-0.2, 0) is 16.9 Å². The van der Waals surface area contributed by atoms with Crippen molar-refractivity contribution in [3.8, 4) is 0 Å². The van der Waals surface area contributed by atoms with Crippen molar-refractivity contribution in [2.24, 2.45) is 0 Å². The lowest BCUT2D eigenvalue weighted by molar-refractivity contribution is -0.0448. The fourth-order valence-corrected chi connectivity index (χ4v) is 1.58. The summed E-state index contributed by atoms with van der Waals surface area (Å²) in [6.07, 6.45) is 2.32. The van der Waals surface area contributed by atoms with Crippen molar-refractivity contribution >= 4 is 0 Å². The summed E-state index contributed by atoms with van der Waals surface area (Å²) in [7, 11) is 1.59. The number of ether oxygens (including phenoxy) is 1. The van der Waals surface area contributed by atoms with Gasteiger partial charge in [-0.3, -0.25) is 4.68 Å². The van der Waals surface area contributed by atoms with Gasteiger partial charge in [0.15, 0.2) is 0 Å². The molecule has 0 aliphatic heterocycles. The van der Waals surface area contributed by atoms with Crippen LogP contribution in [-0.4, -0.2) is 28.6 Å². The maximum Gasteiger partial charge on any atom is 0.129 e. The Hall–Kier alpha value is -0.870. The molecule has 1 N–H and O–H groups in total. The lowest BCUT2D eigenvalue weighted by Crippen LogP contribution is -2.33. The van der Waals surface area contributed by atoms with Gasteiger partial charge >= 0.3 is 0 Å². The van der Waals surface area contributed by atoms with E-state index in [1.54, 1.807) is 18.0 Å². The first-order valence-corrected chi connectivity index (χ1v) is 4.91. The SMILES string of the molecule is CCn1nccc1C(O)(CC)COC. The summed E-state index contributed by atoms with van der Waals surface area (Å²) in [5.41, 5.74) is -0.0919. The predicted molar refractivity (Wildman–Crippen MR) is 54.0 cm³/mol. The number of aliphatic hydroxyl groups is 1. The van der Waals surface area contributed by atoms with Crippen LogP contribution in [0.2, 0.25) is 0 Å². The van der Waals surface area contributed by atoms with Crippen LogP contribution in [0, 0.1) is 0 Å². The molecule has 0 aliphatic rings. The van der Waals surface area contributed by atoms with E-state index in [9.17, 15) is 5.11 Å². The van der Waals surface area contributed by atoms with Gasteiger partial charge in [-0.2, -0.15) is 5.10 Å². The average Bonchev–Trinajstić information content (AvgIpc) is 2.66. The Labute approximate surface area is 84.5 Å². The summed E-state index contributed by atoms with van der Waals surface area (Å²) >= 11 is 0. The third-order valence-electron chi connectivity index (χ3n) is 2.46. The summed E-state index contributed by atoms with van der Waals surface area (Å²) in [4.78, 5) is 0. The molecule has 80 valence electrons. The van der Waals surface area contributed by atoms with Gasteiger partial charge in [0.05, 0.1) is 12.3 Å². The van der Waals surface area contributed by atoms with Crippen LogP contribution in [0.1, 0.15) is 26.0 Å². The first-order chi connectivity index (χ1) is 6.68. The predicted octanol–water partition coefficient (Wildman–Crippen LogP) is 1.15. The molecular weight excluding hydrogens is 180 g/mol. The molecule has 0 saturated heterocycles. The number of aryl methyl sites for hydroxylation is 1. The highest BCUT2D eigenvalue weighted by molar-refractivity contribution is 5.11. The van der Waals surface area contributed by atoms with Gasteiger partial charge in [-0.1, -0.05) is 6.92 Å². The van der Waals surface area contributed by atoms with Crippen molar-refractivity contribution in [3.05, 3.63) is 18.0 Å². The van der Waals surface area contributed by atoms with E-state index in [0.717, 1.165) is 12.2 Å². The Morgan fingerprint density at radius 1 is 1.57 bits per heavy atom. The average molecular weight is 198 g/mol. The molecule has 0 aromatic carbocycles. The largest absolute Gasteiger partial charge is 0.381 e. The van der Waals surface area contributed by atoms with Crippen LogP contribution in [0.4, 0.5) is 0 Å². The minimum absolute atomic E-state index is 0.301. The van der Waals surface area contributed by atoms with E-state index in [1.165, 1.54) is 0 Å². The van der Waals surface area contributed by atoms with E-state index < -0.39 is 5.60 Å². The second-order valence-corrected chi connectivity index (χ2v) is 3.35. The highest BCUT2D eigenvalue weighted by atomic mass is 16.5. The van der Waals surface area contributed by atoms with Gasteiger partial charge in [0, 0.05) is 19.9 Å². The van der Waals surface area contributed by atoms with Crippen molar-refractivity contribution in [2.75, 3.05) is 13.7 Å². The van der Waals surface area contributed by atoms with Crippen LogP contribution >= 0.6 is 0 Å². The van der Waals surface area contributed by atoms with Gasteiger partial charge in [-0.25, -0.2) is 0 Å². The third-order valence-corrected chi connectivity index (χ3v) is 2.46. The quantitative estimate of drug-likeness (QED) is 0.772. The van der Waals surface area contributed by atoms with Gasteiger partial charge in [0.2, 0.25) is 0 Å². The summed E-state index contributed by atoms with van der Waals surface area (Å²) in [5.74, 6) is 0. The molecule has 0 fully saturated rings. The van der Waals surface area contributed by atoms with Crippen LogP contribution in [0.5, 0.6) is 0 Å². The molecule has 1 unspecified atom stereocenters. The van der Waals surface area contributed by atoms with Crippen molar-refractivity contribution in [3.63, 3.8) is 0 Å². The highest BCUT2D eigenvalue weighted by Crippen LogP contribution is 2.24. The van der Waals surface area contributed by atoms with Gasteiger partial charge in [0.1, 0.15) is 5.60 Å². The molecule has 14 heavy (non-hydrogen) atoms. The number of hydrogen-bond acceptors (Lipinski definition) is 3. The Morgan fingerprint density at radius 2 is 2.29 bits per heavy atom. The molecule has 0 spiro atoms. The van der Waals surface area contributed by atoms with Crippen molar-refractivity contribution < 1.29 is 9.84 Å². The fraction of sp³-hybridized carbons (Fsp3) is 0.700. The normalized spacial score (nSPS) is 15.4. The molecule has 1 aromatic rings. The zero-order valence-electron chi connectivity index (χ0n) is 9.03. The fourth-order valence-electron chi connectivity index (χ4n) is 1.58. The van der Waals surface area contributed by atoms with Crippen LogP contribution in [0.25, 0.3) is 0 Å². The molecule has 0 bridgehead atoms. The summed E-state index contributed by atoms with van der Waals surface area (Å²) in [6, 6.07) is 1.84. The van der Waals surface area contributed by atoms with Crippen molar-refractivity contribution in [1.82, 2.24) is 9.78 Å². The molecule has 0 saturated carbocycles. The maximum atomic E-state index is 10.3. The van der Waals surface area contributed by atoms with Crippen molar-refractivity contribution in [2.45, 2.75) is 32.4 Å². The van der Waals surface area contributed by atoms with Gasteiger partial charge < -0.3 is 9.84 Å².